The summed E-state index contributed by atoms with van der Waals surface area (Å²) in [6, 6.07) is 3.31. The second-order valence-electron chi connectivity index (χ2n) is 7.75. The summed E-state index contributed by atoms with van der Waals surface area (Å²) in [7, 11) is -0.301. The highest BCUT2D eigenvalue weighted by atomic mass is 32.1. The minimum absolute atomic E-state index is 0.287. The van der Waals surface area contributed by atoms with Crippen molar-refractivity contribution in [3.63, 3.8) is 0 Å². The lowest BCUT2D eigenvalue weighted by Crippen LogP contribution is -2.52. The molecule has 1 heterocycles. The Morgan fingerprint density at radius 1 is 1.38 bits per heavy atom. The molecule has 6 nitrogen and oxygen atoms in total. The Morgan fingerprint density at radius 3 is 2.46 bits per heavy atom. The van der Waals surface area contributed by atoms with Crippen molar-refractivity contribution in [3.8, 4) is 0 Å². The van der Waals surface area contributed by atoms with E-state index in [1.54, 1.807) is 32.1 Å². The summed E-state index contributed by atoms with van der Waals surface area (Å²) in [4.78, 5) is 30.8. The van der Waals surface area contributed by atoms with Gasteiger partial charge < -0.3 is 10.5 Å². The van der Waals surface area contributed by atoms with E-state index in [4.69, 9.17) is 15.3 Å². The number of nitrogens with two attached hydrogens (primary N) is 1. The number of thiophene rings is 1. The van der Waals surface area contributed by atoms with Crippen LogP contribution in [0.2, 0.25) is 19.1 Å². The zero-order chi connectivity index (χ0) is 20.1. The average molecular weight is 399 g/mol. The quantitative estimate of drug-likeness (QED) is 0.316. The van der Waals surface area contributed by atoms with E-state index in [-0.39, 0.29) is 6.42 Å². The molecule has 0 saturated carbocycles. The van der Waals surface area contributed by atoms with Gasteiger partial charge in [-0.15, -0.1) is 17.9 Å². The average Bonchev–Trinajstić information content (AvgIpc) is 2.98. The summed E-state index contributed by atoms with van der Waals surface area (Å²) in [5.74, 6) is -0.564. The Bertz CT molecular complexity index is 652. The van der Waals surface area contributed by atoms with Gasteiger partial charge in [-0.2, -0.15) is 5.06 Å². The van der Waals surface area contributed by atoms with Crippen LogP contribution in [0.15, 0.2) is 24.8 Å². The van der Waals surface area contributed by atoms with Crippen LogP contribution in [0.1, 0.15) is 25.6 Å². The lowest BCUT2D eigenvalue weighted by atomic mass is 10.1. The number of carbonyl (C=O) groups excluding carboxylic acids is 2. The van der Waals surface area contributed by atoms with Gasteiger partial charge in [-0.3, -0.25) is 4.84 Å². The highest BCUT2D eigenvalue weighted by Crippen LogP contribution is 2.22. The molecule has 2 N–H and O–H groups in total. The molecule has 26 heavy (non-hydrogen) atoms. The number of esters is 1. The van der Waals surface area contributed by atoms with Gasteiger partial charge in [-0.05, 0) is 37.4 Å². The normalized spacial score (nSPS) is 13.2. The number of amides is 2. The third-order valence-corrected chi connectivity index (χ3v) is 9.42. The molecule has 0 aliphatic rings. The Morgan fingerprint density at radius 2 is 2.00 bits per heavy atom. The molecule has 1 rings (SSSR count). The second-order valence-corrected chi connectivity index (χ2v) is 14.0. The highest BCUT2D eigenvalue weighted by Gasteiger charge is 2.35. The molecule has 1 aromatic rings. The first-order valence-corrected chi connectivity index (χ1v) is 12.5. The molecule has 0 aromatic carbocycles. The number of urea groups is 1. The largest absolute Gasteiger partial charge is 0.467 e. The SMILES string of the molecule is C=CC[Si](C)(C)c1ccc(CC(C(=O)OC)N(OC(C)(C)C)C(N)=O)s1. The maximum Gasteiger partial charge on any atom is 0.339 e. The maximum atomic E-state index is 12.3. The van der Waals surface area contributed by atoms with E-state index in [0.717, 1.165) is 16.0 Å². The number of hydrogen-bond donors (Lipinski definition) is 1. The van der Waals surface area contributed by atoms with Crippen LogP contribution in [0, 0.1) is 0 Å². The van der Waals surface area contributed by atoms with Crippen LogP contribution in [0.5, 0.6) is 0 Å². The van der Waals surface area contributed by atoms with Gasteiger partial charge in [0.05, 0.1) is 20.8 Å². The second kappa shape index (κ2) is 8.83. The molecule has 0 radical (unpaired) electrons. The van der Waals surface area contributed by atoms with Gasteiger partial charge in [0, 0.05) is 11.3 Å². The predicted molar refractivity (Wildman–Crippen MR) is 108 cm³/mol. The molecule has 0 aliphatic carbocycles. The third-order valence-electron chi connectivity index (χ3n) is 3.72. The minimum atomic E-state index is -1.58. The Labute approximate surface area is 160 Å². The van der Waals surface area contributed by atoms with Gasteiger partial charge in [-0.1, -0.05) is 25.2 Å². The summed E-state index contributed by atoms with van der Waals surface area (Å²) < 4.78 is 6.19. The zero-order valence-corrected chi connectivity index (χ0v) is 18.3. The molecule has 0 saturated heterocycles. The van der Waals surface area contributed by atoms with Gasteiger partial charge in [0.2, 0.25) is 0 Å². The number of methoxy groups -OCH3 is 1. The van der Waals surface area contributed by atoms with Crippen molar-refractivity contribution in [2.75, 3.05) is 7.11 Å². The lowest BCUT2D eigenvalue weighted by Gasteiger charge is -2.32. The fourth-order valence-corrected chi connectivity index (χ4v) is 6.46. The van der Waals surface area contributed by atoms with E-state index >= 15 is 0 Å². The van der Waals surface area contributed by atoms with Crippen LogP contribution in [0.3, 0.4) is 0 Å². The molecule has 2 amide bonds. The molecule has 1 unspecified atom stereocenters. The van der Waals surface area contributed by atoms with Crippen molar-refractivity contribution in [1.29, 1.82) is 0 Å². The Hall–Kier alpha value is -1.64. The first-order valence-electron chi connectivity index (χ1n) is 8.47. The zero-order valence-electron chi connectivity index (χ0n) is 16.5. The molecule has 0 fully saturated rings. The number of hydrogen-bond acceptors (Lipinski definition) is 5. The van der Waals surface area contributed by atoms with Crippen LogP contribution >= 0.6 is 11.3 Å². The molecule has 0 spiro atoms. The standard InChI is InChI=1S/C18H30N2O4SSi/c1-8-11-26(6,7)15-10-9-13(25-15)12-14(16(21)23-5)20(17(19)22)24-18(2,3)4/h8-10,14H,1,11-12H2,2-7H3,(H2,19,22). The van der Waals surface area contributed by atoms with Crippen LogP contribution in [-0.4, -0.2) is 43.9 Å². The first kappa shape index (κ1) is 22.4. The van der Waals surface area contributed by atoms with Crippen LogP contribution in [0.4, 0.5) is 4.79 Å². The number of nitrogens with zero attached hydrogens (tertiary/aromatic N) is 1. The number of ether oxygens (including phenoxy) is 1. The Balaban J connectivity index is 3.12. The molecule has 8 heteroatoms. The van der Waals surface area contributed by atoms with Crippen LogP contribution in [0.25, 0.3) is 0 Å². The number of primary amides is 1. The number of hydroxylamine groups is 2. The van der Waals surface area contributed by atoms with E-state index in [1.807, 2.05) is 12.1 Å². The van der Waals surface area contributed by atoms with E-state index in [0.29, 0.717) is 0 Å². The molecule has 0 aliphatic heterocycles. The Kier molecular flexibility index (Phi) is 7.61. The molecular formula is C18H30N2O4SSi. The van der Waals surface area contributed by atoms with Crippen molar-refractivity contribution in [3.05, 3.63) is 29.7 Å². The van der Waals surface area contributed by atoms with E-state index in [2.05, 4.69) is 25.7 Å². The smallest absolute Gasteiger partial charge is 0.339 e. The minimum Gasteiger partial charge on any atom is -0.467 e. The maximum absolute atomic E-state index is 12.3. The fraction of sp³-hybridized carbons (Fsp3) is 0.556. The molecule has 146 valence electrons. The summed E-state index contributed by atoms with van der Waals surface area (Å²) in [5, 5.41) is 0.928. The molecule has 0 bridgehead atoms. The van der Waals surface area contributed by atoms with Gasteiger partial charge in [0.15, 0.2) is 6.04 Å². The van der Waals surface area contributed by atoms with Crippen molar-refractivity contribution in [2.45, 2.75) is 58.0 Å². The number of rotatable bonds is 8. The van der Waals surface area contributed by atoms with Crippen molar-refractivity contribution in [1.82, 2.24) is 5.06 Å². The van der Waals surface area contributed by atoms with Crippen LogP contribution < -0.4 is 10.2 Å². The van der Waals surface area contributed by atoms with Crippen molar-refractivity contribution >= 4 is 35.9 Å². The summed E-state index contributed by atoms with van der Waals surface area (Å²) in [6.07, 6.45) is 2.24. The van der Waals surface area contributed by atoms with Crippen molar-refractivity contribution in [2.24, 2.45) is 5.73 Å². The first-order chi connectivity index (χ1) is 11.9. The van der Waals surface area contributed by atoms with Crippen molar-refractivity contribution < 1.29 is 19.2 Å². The van der Waals surface area contributed by atoms with Gasteiger partial charge >= 0.3 is 12.0 Å². The van der Waals surface area contributed by atoms with Crippen LogP contribution in [-0.2, 0) is 20.8 Å². The lowest BCUT2D eigenvalue weighted by molar-refractivity contribution is -0.218. The molecule has 1 atom stereocenters. The topological polar surface area (TPSA) is 81.9 Å². The van der Waals surface area contributed by atoms with Gasteiger partial charge in [-0.25, -0.2) is 9.59 Å². The summed E-state index contributed by atoms with van der Waals surface area (Å²) in [6.45, 7) is 13.7. The number of carbonyl (C=O) groups is 2. The molecular weight excluding hydrogens is 368 g/mol. The fourth-order valence-electron chi connectivity index (χ4n) is 2.46. The van der Waals surface area contributed by atoms with Gasteiger partial charge in [0.1, 0.15) is 0 Å². The monoisotopic (exact) mass is 398 g/mol. The van der Waals surface area contributed by atoms with E-state index in [9.17, 15) is 9.59 Å². The summed E-state index contributed by atoms with van der Waals surface area (Å²) >= 11 is 1.65. The molecule has 1 aromatic heterocycles. The van der Waals surface area contributed by atoms with E-state index < -0.39 is 31.7 Å². The van der Waals surface area contributed by atoms with E-state index in [1.165, 1.54) is 11.6 Å². The van der Waals surface area contributed by atoms with Gasteiger partial charge in [0.25, 0.3) is 0 Å². The third kappa shape index (κ3) is 6.26. The highest BCUT2D eigenvalue weighted by molar-refractivity contribution is 7.26. The number of allylic oxidation sites excluding steroid dienone is 1. The predicted octanol–water partition coefficient (Wildman–Crippen LogP) is 3.04. The summed E-state index contributed by atoms with van der Waals surface area (Å²) in [5.41, 5.74) is 4.78.